The summed E-state index contributed by atoms with van der Waals surface area (Å²) in [7, 11) is 0. The van der Waals surface area contributed by atoms with E-state index in [1.54, 1.807) is 24.5 Å². The summed E-state index contributed by atoms with van der Waals surface area (Å²) in [4.78, 5) is 20.8. The van der Waals surface area contributed by atoms with Crippen LogP contribution < -0.4 is 5.56 Å². The summed E-state index contributed by atoms with van der Waals surface area (Å²) in [6.45, 7) is 6.63. The maximum absolute atomic E-state index is 12.1. The molecular weight excluding hydrogens is 300 g/mol. The summed E-state index contributed by atoms with van der Waals surface area (Å²) < 4.78 is 1.48. The average molecular weight is 320 g/mol. The first kappa shape index (κ1) is 16.1. The van der Waals surface area contributed by atoms with Crippen molar-refractivity contribution in [2.45, 2.75) is 32.7 Å². The first-order valence-electron chi connectivity index (χ1n) is 7.88. The van der Waals surface area contributed by atoms with E-state index >= 15 is 0 Å². The van der Waals surface area contributed by atoms with Crippen molar-refractivity contribution in [3.8, 4) is 11.4 Å². The summed E-state index contributed by atoms with van der Waals surface area (Å²) in [6.07, 6.45) is 3.51. The fraction of sp³-hybridized carbons (Fsp3) is 0.263. The molecule has 0 spiro atoms. The third-order valence-corrected chi connectivity index (χ3v) is 3.72. The molecule has 0 radical (unpaired) electrons. The summed E-state index contributed by atoms with van der Waals surface area (Å²) in [5.41, 5.74) is 3.24. The number of hydrogen-bond donors (Lipinski definition) is 0. The first-order chi connectivity index (χ1) is 11.4. The lowest BCUT2D eigenvalue weighted by molar-refractivity contribution is 0.517. The Hall–Kier alpha value is -2.82. The van der Waals surface area contributed by atoms with Crippen LogP contribution in [0.2, 0.25) is 0 Å². The zero-order chi connectivity index (χ0) is 17.2. The molecule has 0 aliphatic rings. The number of nitrogens with zero attached hydrogens (tertiary/aromatic N) is 4. The first-order valence-corrected chi connectivity index (χ1v) is 7.88. The van der Waals surface area contributed by atoms with Gasteiger partial charge in [0.25, 0.3) is 5.56 Å². The molecule has 5 nitrogen and oxygen atoms in total. The minimum atomic E-state index is -0.114. The Balaban J connectivity index is 1.86. The molecule has 3 rings (SSSR count). The number of hydrogen-bond acceptors (Lipinski definition) is 4. The van der Waals surface area contributed by atoms with Crippen LogP contribution in [0.3, 0.4) is 0 Å². The van der Waals surface area contributed by atoms with Crippen molar-refractivity contribution in [2.24, 2.45) is 0 Å². The zero-order valence-electron chi connectivity index (χ0n) is 14.1. The topological polar surface area (TPSA) is 60.7 Å². The molecular formula is C19H20N4O. The third-order valence-electron chi connectivity index (χ3n) is 3.72. The molecule has 0 saturated carbocycles. The Morgan fingerprint density at radius 3 is 2.38 bits per heavy atom. The highest BCUT2D eigenvalue weighted by Crippen LogP contribution is 2.18. The Kier molecular flexibility index (Phi) is 4.25. The maximum atomic E-state index is 12.1. The van der Waals surface area contributed by atoms with Gasteiger partial charge in [-0.25, -0.2) is 4.68 Å². The largest absolute Gasteiger partial charge is 0.268 e. The van der Waals surface area contributed by atoms with Crippen LogP contribution in [-0.2, 0) is 12.0 Å². The van der Waals surface area contributed by atoms with Gasteiger partial charge in [0, 0.05) is 23.9 Å². The molecule has 0 saturated heterocycles. The molecule has 0 unspecified atom stereocenters. The quantitative estimate of drug-likeness (QED) is 0.744. The van der Waals surface area contributed by atoms with Gasteiger partial charge in [0.2, 0.25) is 0 Å². The molecule has 0 aromatic carbocycles. The fourth-order valence-corrected chi connectivity index (χ4v) is 2.32. The second-order valence-corrected chi connectivity index (χ2v) is 6.73. The molecule has 122 valence electrons. The van der Waals surface area contributed by atoms with Gasteiger partial charge in [-0.2, -0.15) is 5.10 Å². The van der Waals surface area contributed by atoms with Crippen molar-refractivity contribution in [2.75, 3.05) is 0 Å². The highest BCUT2D eigenvalue weighted by atomic mass is 16.1. The van der Waals surface area contributed by atoms with Gasteiger partial charge < -0.3 is 0 Å². The second-order valence-electron chi connectivity index (χ2n) is 6.73. The predicted octanol–water partition coefficient (Wildman–Crippen LogP) is 3.05. The van der Waals surface area contributed by atoms with E-state index in [2.05, 4.69) is 35.8 Å². The summed E-state index contributed by atoms with van der Waals surface area (Å²) in [5, 5.41) is 4.48. The van der Waals surface area contributed by atoms with E-state index in [9.17, 15) is 4.79 Å². The van der Waals surface area contributed by atoms with Gasteiger partial charge in [0.05, 0.1) is 23.6 Å². The van der Waals surface area contributed by atoms with E-state index < -0.39 is 0 Å². The summed E-state index contributed by atoms with van der Waals surface area (Å²) in [5.74, 6) is 0. The van der Waals surface area contributed by atoms with E-state index in [0.29, 0.717) is 6.54 Å². The van der Waals surface area contributed by atoms with Gasteiger partial charge >= 0.3 is 0 Å². The Labute approximate surface area is 141 Å². The molecule has 0 amide bonds. The molecule has 0 aliphatic carbocycles. The van der Waals surface area contributed by atoms with Crippen LogP contribution in [0.1, 0.15) is 32.0 Å². The van der Waals surface area contributed by atoms with Crippen LogP contribution in [0, 0.1) is 0 Å². The fourth-order valence-electron chi connectivity index (χ4n) is 2.32. The lowest BCUT2D eigenvalue weighted by Crippen LogP contribution is -2.27. The third kappa shape index (κ3) is 3.56. The minimum absolute atomic E-state index is 0.101. The zero-order valence-corrected chi connectivity index (χ0v) is 14.1. The lowest BCUT2D eigenvalue weighted by Gasteiger charge is -2.18. The van der Waals surface area contributed by atoms with Crippen molar-refractivity contribution in [1.29, 1.82) is 0 Å². The molecule has 0 fully saturated rings. The van der Waals surface area contributed by atoms with E-state index in [1.807, 2.05) is 30.3 Å². The van der Waals surface area contributed by atoms with E-state index in [0.717, 1.165) is 22.6 Å². The summed E-state index contributed by atoms with van der Waals surface area (Å²) in [6, 6.07) is 13.0. The van der Waals surface area contributed by atoms with Crippen LogP contribution in [0.5, 0.6) is 0 Å². The van der Waals surface area contributed by atoms with Crippen molar-refractivity contribution < 1.29 is 0 Å². The number of rotatable bonds is 3. The second kappa shape index (κ2) is 6.35. The highest BCUT2D eigenvalue weighted by Gasteiger charge is 2.16. The number of aromatic nitrogens is 4. The monoisotopic (exact) mass is 320 g/mol. The smallest absolute Gasteiger partial charge is 0.267 e. The molecule has 5 heteroatoms. The predicted molar refractivity (Wildman–Crippen MR) is 93.8 cm³/mol. The Bertz CT molecular complexity index is 878. The van der Waals surface area contributed by atoms with Gasteiger partial charge in [0.15, 0.2) is 0 Å². The molecule has 0 bridgehead atoms. The molecule has 0 N–H and O–H groups in total. The van der Waals surface area contributed by atoms with Gasteiger partial charge in [-0.3, -0.25) is 14.8 Å². The highest BCUT2D eigenvalue weighted by molar-refractivity contribution is 5.53. The van der Waals surface area contributed by atoms with Crippen molar-refractivity contribution in [1.82, 2.24) is 19.7 Å². The maximum Gasteiger partial charge on any atom is 0.267 e. The van der Waals surface area contributed by atoms with Gasteiger partial charge in [-0.1, -0.05) is 32.9 Å². The van der Waals surface area contributed by atoms with Crippen LogP contribution in [0.25, 0.3) is 11.4 Å². The number of pyridine rings is 2. The van der Waals surface area contributed by atoms with Crippen LogP contribution >= 0.6 is 0 Å². The normalized spacial score (nSPS) is 11.5. The van der Waals surface area contributed by atoms with Crippen molar-refractivity contribution in [3.05, 3.63) is 76.5 Å². The molecule has 0 atom stereocenters. The van der Waals surface area contributed by atoms with E-state index in [4.69, 9.17) is 0 Å². The molecule has 3 aromatic rings. The van der Waals surface area contributed by atoms with Crippen molar-refractivity contribution >= 4 is 0 Å². The molecule has 3 heterocycles. The van der Waals surface area contributed by atoms with Gasteiger partial charge in [-0.15, -0.1) is 0 Å². The van der Waals surface area contributed by atoms with E-state index in [1.165, 1.54) is 4.68 Å². The van der Waals surface area contributed by atoms with Crippen LogP contribution in [0.4, 0.5) is 0 Å². The van der Waals surface area contributed by atoms with E-state index in [-0.39, 0.29) is 11.0 Å². The molecule has 0 aliphatic heterocycles. The van der Waals surface area contributed by atoms with Crippen molar-refractivity contribution in [3.63, 3.8) is 0 Å². The summed E-state index contributed by atoms with van der Waals surface area (Å²) >= 11 is 0. The SMILES string of the molecule is CC(C)(C)c1ccc(=O)n(Cc2ccc(-c3ccccn3)nc2)n1. The lowest BCUT2D eigenvalue weighted by atomic mass is 9.92. The Morgan fingerprint density at radius 2 is 1.75 bits per heavy atom. The van der Waals surface area contributed by atoms with Crippen LogP contribution in [-0.4, -0.2) is 19.7 Å². The Morgan fingerprint density at radius 1 is 0.958 bits per heavy atom. The standard InChI is InChI=1S/C19H20N4O/c1-19(2,3)17-9-10-18(24)23(22-17)13-14-7-8-16(21-12-14)15-6-4-5-11-20-15/h4-12H,13H2,1-3H3. The van der Waals surface area contributed by atoms with Gasteiger partial charge in [-0.05, 0) is 29.8 Å². The molecule has 24 heavy (non-hydrogen) atoms. The average Bonchev–Trinajstić information content (AvgIpc) is 2.57. The molecule has 3 aromatic heterocycles. The minimum Gasteiger partial charge on any atom is -0.268 e. The van der Waals surface area contributed by atoms with Gasteiger partial charge in [0.1, 0.15) is 0 Å². The van der Waals surface area contributed by atoms with Crippen LogP contribution in [0.15, 0.2) is 59.7 Å².